The van der Waals surface area contributed by atoms with Gasteiger partial charge < -0.3 is 15.0 Å². The van der Waals surface area contributed by atoms with Crippen LogP contribution in [0.25, 0.3) is 10.9 Å². The van der Waals surface area contributed by atoms with Crippen LogP contribution in [-0.2, 0) is 0 Å². The van der Waals surface area contributed by atoms with Crippen molar-refractivity contribution in [2.45, 2.75) is 0 Å². The van der Waals surface area contributed by atoms with Gasteiger partial charge in [-0.05, 0) is 30.3 Å². The molecule has 0 aliphatic carbocycles. The van der Waals surface area contributed by atoms with Crippen LogP contribution < -0.4 is 10.1 Å². The van der Waals surface area contributed by atoms with Gasteiger partial charge in [-0.25, -0.2) is 0 Å². The number of ether oxygens (including phenoxy) is 1. The largest absolute Gasteiger partial charge is 0.497 e. The summed E-state index contributed by atoms with van der Waals surface area (Å²) >= 11 is 5.84. The van der Waals surface area contributed by atoms with Gasteiger partial charge in [-0.3, -0.25) is 9.78 Å². The summed E-state index contributed by atoms with van der Waals surface area (Å²) in [4.78, 5) is 19.2. The third kappa shape index (κ3) is 2.83. The molecule has 5 nitrogen and oxygen atoms in total. The topological polar surface area (TPSA) is 67.0 Å². The minimum absolute atomic E-state index is 0.255. The number of nitrogens with one attached hydrogen (secondary N) is 2. The maximum atomic E-state index is 12.2. The fourth-order valence-electron chi connectivity index (χ4n) is 2.04. The number of aromatic nitrogens is 2. The Morgan fingerprint density at radius 3 is 2.90 bits per heavy atom. The molecule has 3 aromatic rings. The van der Waals surface area contributed by atoms with Crippen molar-refractivity contribution in [1.82, 2.24) is 9.97 Å². The van der Waals surface area contributed by atoms with Crippen LogP contribution in [0.3, 0.4) is 0 Å². The molecule has 2 N–H and O–H groups in total. The van der Waals surface area contributed by atoms with Crippen LogP contribution in [0.4, 0.5) is 5.69 Å². The van der Waals surface area contributed by atoms with Crippen molar-refractivity contribution in [3.8, 4) is 5.75 Å². The average molecular weight is 302 g/mol. The Morgan fingerprint density at radius 1 is 1.29 bits per heavy atom. The Balaban J connectivity index is 1.87. The highest BCUT2D eigenvalue weighted by atomic mass is 35.5. The summed E-state index contributed by atoms with van der Waals surface area (Å²) in [5.74, 6) is 0.488. The number of carbonyl (C=O) groups excluding carboxylic acids is 1. The molecular formula is C15H12ClN3O2. The molecule has 0 aliphatic rings. The van der Waals surface area contributed by atoms with Gasteiger partial charge in [0.15, 0.2) is 0 Å². The SMILES string of the molecule is COc1ccc2[nH]c(C(=O)Nc3cncc(Cl)c3)cc2c1. The lowest BCUT2D eigenvalue weighted by Crippen LogP contribution is -2.12. The number of nitrogens with zero attached hydrogens (tertiary/aromatic N) is 1. The van der Waals surface area contributed by atoms with E-state index < -0.39 is 0 Å². The van der Waals surface area contributed by atoms with Crippen molar-refractivity contribution in [2.75, 3.05) is 12.4 Å². The molecule has 0 bridgehead atoms. The zero-order chi connectivity index (χ0) is 14.8. The third-order valence-electron chi connectivity index (χ3n) is 3.04. The second-order valence-electron chi connectivity index (χ2n) is 4.48. The number of anilines is 1. The summed E-state index contributed by atoms with van der Waals surface area (Å²) in [7, 11) is 1.60. The predicted octanol–water partition coefficient (Wildman–Crippen LogP) is 3.48. The molecule has 0 radical (unpaired) electrons. The van der Waals surface area contributed by atoms with Gasteiger partial charge in [0.2, 0.25) is 0 Å². The molecule has 2 aromatic heterocycles. The molecule has 0 unspecified atom stereocenters. The highest BCUT2D eigenvalue weighted by molar-refractivity contribution is 6.30. The maximum Gasteiger partial charge on any atom is 0.272 e. The van der Waals surface area contributed by atoms with E-state index in [1.165, 1.54) is 12.4 Å². The Morgan fingerprint density at radius 2 is 2.14 bits per heavy atom. The van der Waals surface area contributed by atoms with Crippen LogP contribution >= 0.6 is 11.6 Å². The normalized spacial score (nSPS) is 10.6. The van der Waals surface area contributed by atoms with Gasteiger partial charge in [0.25, 0.3) is 5.91 Å². The first-order valence-electron chi connectivity index (χ1n) is 6.24. The Bertz CT molecular complexity index is 814. The number of hydrogen-bond acceptors (Lipinski definition) is 3. The van der Waals surface area contributed by atoms with E-state index in [1.54, 1.807) is 19.2 Å². The Kier molecular flexibility index (Phi) is 3.50. The van der Waals surface area contributed by atoms with Gasteiger partial charge in [0, 0.05) is 17.1 Å². The number of benzene rings is 1. The lowest BCUT2D eigenvalue weighted by atomic mass is 10.2. The number of carbonyl (C=O) groups is 1. The van der Waals surface area contributed by atoms with Gasteiger partial charge in [-0.15, -0.1) is 0 Å². The molecule has 1 amide bonds. The van der Waals surface area contributed by atoms with Crippen LogP contribution in [0.5, 0.6) is 5.75 Å². The number of methoxy groups -OCH3 is 1. The summed E-state index contributed by atoms with van der Waals surface area (Å²) in [5.41, 5.74) is 1.87. The van der Waals surface area contributed by atoms with E-state index in [1.807, 2.05) is 18.2 Å². The lowest BCUT2D eigenvalue weighted by molar-refractivity contribution is 0.102. The summed E-state index contributed by atoms with van der Waals surface area (Å²) in [6, 6.07) is 8.97. The van der Waals surface area contributed by atoms with E-state index in [2.05, 4.69) is 15.3 Å². The van der Waals surface area contributed by atoms with Crippen molar-refractivity contribution < 1.29 is 9.53 Å². The molecule has 0 atom stereocenters. The van der Waals surface area contributed by atoms with Gasteiger partial charge in [-0.1, -0.05) is 11.6 Å². The number of halogens is 1. The summed E-state index contributed by atoms with van der Waals surface area (Å²) in [6.45, 7) is 0. The van der Waals surface area contributed by atoms with E-state index >= 15 is 0 Å². The van der Waals surface area contributed by atoms with Crippen molar-refractivity contribution in [2.24, 2.45) is 0 Å². The first kappa shape index (κ1) is 13.5. The standard InChI is InChI=1S/C15H12ClN3O2/c1-21-12-2-3-13-9(4-12)5-14(19-13)15(20)18-11-6-10(16)7-17-8-11/h2-8,19H,1H3,(H,18,20). The van der Waals surface area contributed by atoms with Crippen molar-refractivity contribution in [3.63, 3.8) is 0 Å². The number of rotatable bonds is 3. The Labute approximate surface area is 125 Å². The fourth-order valence-corrected chi connectivity index (χ4v) is 2.21. The minimum atomic E-state index is -0.255. The number of aromatic amines is 1. The molecule has 0 saturated carbocycles. The first-order chi connectivity index (χ1) is 10.2. The fraction of sp³-hybridized carbons (Fsp3) is 0.0667. The predicted molar refractivity (Wildman–Crippen MR) is 82.1 cm³/mol. The number of fused-ring (bicyclic) bond motifs is 1. The van der Waals surface area contributed by atoms with E-state index in [-0.39, 0.29) is 5.91 Å². The van der Waals surface area contributed by atoms with Crippen LogP contribution in [0, 0.1) is 0 Å². The molecule has 0 saturated heterocycles. The van der Waals surface area contributed by atoms with Gasteiger partial charge in [-0.2, -0.15) is 0 Å². The summed E-state index contributed by atoms with van der Waals surface area (Å²) in [5, 5.41) is 4.11. The van der Waals surface area contributed by atoms with Crippen LogP contribution in [0.15, 0.2) is 42.7 Å². The van der Waals surface area contributed by atoms with E-state index in [9.17, 15) is 4.79 Å². The molecule has 2 heterocycles. The highest BCUT2D eigenvalue weighted by Gasteiger charge is 2.10. The second kappa shape index (κ2) is 5.46. The van der Waals surface area contributed by atoms with Gasteiger partial charge >= 0.3 is 0 Å². The number of pyridine rings is 1. The zero-order valence-corrected chi connectivity index (χ0v) is 11.9. The maximum absolute atomic E-state index is 12.2. The van der Waals surface area contributed by atoms with Crippen LogP contribution in [0.1, 0.15) is 10.5 Å². The minimum Gasteiger partial charge on any atom is -0.497 e. The molecule has 3 rings (SSSR count). The van der Waals surface area contributed by atoms with Crippen molar-refractivity contribution in [3.05, 3.63) is 53.4 Å². The zero-order valence-electron chi connectivity index (χ0n) is 11.2. The Hall–Kier alpha value is -2.53. The molecule has 1 aromatic carbocycles. The van der Waals surface area contributed by atoms with Crippen molar-refractivity contribution >= 4 is 34.1 Å². The monoisotopic (exact) mass is 301 g/mol. The van der Waals surface area contributed by atoms with Gasteiger partial charge in [0.05, 0.1) is 24.0 Å². The quantitative estimate of drug-likeness (QED) is 0.778. The first-order valence-corrected chi connectivity index (χ1v) is 6.62. The smallest absolute Gasteiger partial charge is 0.272 e. The number of hydrogen-bond donors (Lipinski definition) is 2. The molecule has 106 valence electrons. The third-order valence-corrected chi connectivity index (χ3v) is 3.24. The molecular weight excluding hydrogens is 290 g/mol. The molecule has 0 spiro atoms. The number of H-pyrrole nitrogens is 1. The van der Waals surface area contributed by atoms with Crippen molar-refractivity contribution in [1.29, 1.82) is 0 Å². The summed E-state index contributed by atoms with van der Waals surface area (Å²) < 4.78 is 5.16. The molecule has 21 heavy (non-hydrogen) atoms. The van der Waals surface area contributed by atoms with E-state index in [4.69, 9.17) is 16.3 Å². The second-order valence-corrected chi connectivity index (χ2v) is 4.92. The molecule has 0 aliphatic heterocycles. The van der Waals surface area contributed by atoms with Crippen LogP contribution in [-0.4, -0.2) is 23.0 Å². The van der Waals surface area contributed by atoms with E-state index in [0.29, 0.717) is 16.4 Å². The number of amides is 1. The molecule has 6 heteroatoms. The van der Waals surface area contributed by atoms with Crippen LogP contribution in [0.2, 0.25) is 5.02 Å². The molecule has 0 fully saturated rings. The lowest BCUT2D eigenvalue weighted by Gasteiger charge is -2.02. The van der Waals surface area contributed by atoms with E-state index in [0.717, 1.165) is 16.7 Å². The summed E-state index contributed by atoms with van der Waals surface area (Å²) in [6.07, 6.45) is 3.04. The highest BCUT2D eigenvalue weighted by Crippen LogP contribution is 2.22. The van der Waals surface area contributed by atoms with Gasteiger partial charge in [0.1, 0.15) is 11.4 Å². The average Bonchev–Trinajstić information content (AvgIpc) is 2.90.